The van der Waals surface area contributed by atoms with Gasteiger partial charge in [0.1, 0.15) is 11.4 Å². The van der Waals surface area contributed by atoms with Gasteiger partial charge in [-0.25, -0.2) is 9.18 Å². The zero-order valence-electron chi connectivity index (χ0n) is 21.8. The number of nitrogens with zero attached hydrogens (tertiary/aromatic N) is 3. The number of carbonyl (C=O) groups is 3. The van der Waals surface area contributed by atoms with E-state index in [0.717, 1.165) is 25.9 Å². The lowest BCUT2D eigenvalue weighted by Gasteiger charge is -2.29. The second-order valence-corrected chi connectivity index (χ2v) is 9.92. The van der Waals surface area contributed by atoms with E-state index < -0.39 is 17.5 Å². The Balaban J connectivity index is 1.79. The zero-order chi connectivity index (χ0) is 26.5. The van der Waals surface area contributed by atoms with Gasteiger partial charge in [-0.1, -0.05) is 26.0 Å². The van der Waals surface area contributed by atoms with E-state index in [1.807, 2.05) is 18.7 Å². The Kier molecular flexibility index (Phi) is 8.71. The van der Waals surface area contributed by atoms with E-state index in [2.05, 4.69) is 0 Å². The quantitative estimate of drug-likeness (QED) is 0.384. The minimum atomic E-state index is -0.741. The molecule has 0 unspecified atom stereocenters. The van der Waals surface area contributed by atoms with Crippen molar-refractivity contribution in [3.8, 4) is 0 Å². The predicted molar refractivity (Wildman–Crippen MR) is 139 cm³/mol. The van der Waals surface area contributed by atoms with Crippen molar-refractivity contribution >= 4 is 29.3 Å². The molecular weight excluding hydrogens is 461 g/mol. The van der Waals surface area contributed by atoms with Gasteiger partial charge >= 0.3 is 6.09 Å². The van der Waals surface area contributed by atoms with Crippen LogP contribution in [0.5, 0.6) is 0 Å². The number of amides is 3. The topological polar surface area (TPSA) is 70.2 Å². The summed E-state index contributed by atoms with van der Waals surface area (Å²) in [7, 11) is 0. The maximum Gasteiger partial charge on any atom is 0.414 e. The number of imide groups is 1. The molecule has 3 rings (SSSR count). The Morgan fingerprint density at radius 2 is 1.53 bits per heavy atom. The van der Waals surface area contributed by atoms with Gasteiger partial charge in [0.25, 0.3) is 11.8 Å². The van der Waals surface area contributed by atoms with Gasteiger partial charge in [0.2, 0.25) is 0 Å². The monoisotopic (exact) mass is 497 g/mol. The second kappa shape index (κ2) is 11.5. The highest BCUT2D eigenvalue weighted by molar-refractivity contribution is 6.21. The standard InChI is InChI=1S/C28H36FN3O4/c1-6-15-30(16-7-2)24-14-13-20(19-23(24)29)31(27(35)36-28(3,4)5)17-10-18-32-25(33)21-11-8-9-12-22(21)26(32)34/h8-9,11-14,19H,6-7,10,15-18H2,1-5H3. The van der Waals surface area contributed by atoms with Gasteiger partial charge in [-0.2, -0.15) is 0 Å². The average molecular weight is 498 g/mol. The lowest BCUT2D eigenvalue weighted by molar-refractivity contribution is 0.0579. The zero-order valence-corrected chi connectivity index (χ0v) is 21.8. The molecule has 7 nitrogen and oxygen atoms in total. The van der Waals surface area contributed by atoms with Crippen LogP contribution in [0.4, 0.5) is 20.6 Å². The van der Waals surface area contributed by atoms with Crippen molar-refractivity contribution in [1.82, 2.24) is 4.90 Å². The van der Waals surface area contributed by atoms with E-state index in [0.29, 0.717) is 28.9 Å². The fraction of sp³-hybridized carbons (Fsp3) is 0.464. The molecule has 8 heteroatoms. The third-order valence-corrected chi connectivity index (χ3v) is 5.83. The molecule has 0 N–H and O–H groups in total. The molecule has 1 heterocycles. The molecule has 0 aliphatic carbocycles. The number of anilines is 2. The Labute approximate surface area is 212 Å². The molecule has 0 bridgehead atoms. The number of benzene rings is 2. The van der Waals surface area contributed by atoms with Gasteiger partial charge in [0.15, 0.2) is 0 Å². The van der Waals surface area contributed by atoms with Crippen LogP contribution in [0.1, 0.15) is 74.6 Å². The molecule has 0 fully saturated rings. The summed E-state index contributed by atoms with van der Waals surface area (Å²) in [4.78, 5) is 42.9. The van der Waals surface area contributed by atoms with Gasteiger partial charge in [-0.05, 0) is 70.4 Å². The molecule has 0 aromatic heterocycles. The minimum absolute atomic E-state index is 0.132. The van der Waals surface area contributed by atoms with Crippen LogP contribution in [0.15, 0.2) is 42.5 Å². The maximum absolute atomic E-state index is 15.2. The Hall–Kier alpha value is -3.42. The van der Waals surface area contributed by atoms with E-state index in [9.17, 15) is 14.4 Å². The molecule has 0 saturated carbocycles. The molecule has 1 aliphatic rings. The van der Waals surface area contributed by atoms with Crippen molar-refractivity contribution in [2.45, 2.75) is 59.5 Å². The average Bonchev–Trinajstić information content (AvgIpc) is 3.05. The fourth-order valence-corrected chi connectivity index (χ4v) is 4.28. The molecule has 0 radical (unpaired) electrons. The van der Waals surface area contributed by atoms with Crippen LogP contribution < -0.4 is 9.80 Å². The van der Waals surface area contributed by atoms with Crippen LogP contribution in [0.25, 0.3) is 0 Å². The second-order valence-electron chi connectivity index (χ2n) is 9.92. The molecule has 36 heavy (non-hydrogen) atoms. The number of hydrogen-bond donors (Lipinski definition) is 0. The van der Waals surface area contributed by atoms with Crippen LogP contribution in [-0.4, -0.2) is 54.6 Å². The summed E-state index contributed by atoms with van der Waals surface area (Å²) in [5, 5.41) is 0. The third-order valence-electron chi connectivity index (χ3n) is 5.83. The predicted octanol–water partition coefficient (Wildman–Crippen LogP) is 5.88. The summed E-state index contributed by atoms with van der Waals surface area (Å²) in [5.41, 5.74) is 0.884. The van der Waals surface area contributed by atoms with Crippen LogP contribution in [0, 0.1) is 5.82 Å². The summed E-state index contributed by atoms with van der Waals surface area (Å²) in [6.07, 6.45) is 1.48. The van der Waals surface area contributed by atoms with Crippen molar-refractivity contribution in [3.63, 3.8) is 0 Å². The van der Waals surface area contributed by atoms with E-state index in [-0.39, 0.29) is 24.9 Å². The van der Waals surface area contributed by atoms with Crippen LogP contribution in [0.2, 0.25) is 0 Å². The first-order valence-corrected chi connectivity index (χ1v) is 12.6. The van der Waals surface area contributed by atoms with E-state index in [1.165, 1.54) is 15.9 Å². The lowest BCUT2D eigenvalue weighted by Crippen LogP contribution is -2.39. The van der Waals surface area contributed by atoms with E-state index >= 15 is 4.39 Å². The van der Waals surface area contributed by atoms with E-state index in [1.54, 1.807) is 57.2 Å². The Bertz CT molecular complexity index is 1070. The number of rotatable bonds is 10. The molecule has 0 atom stereocenters. The van der Waals surface area contributed by atoms with Crippen molar-refractivity contribution in [2.24, 2.45) is 0 Å². The van der Waals surface area contributed by atoms with Crippen molar-refractivity contribution in [3.05, 3.63) is 59.4 Å². The third kappa shape index (κ3) is 6.22. The smallest absolute Gasteiger partial charge is 0.414 e. The van der Waals surface area contributed by atoms with Gasteiger partial charge in [0.05, 0.1) is 22.5 Å². The number of ether oxygens (including phenoxy) is 1. The first-order valence-electron chi connectivity index (χ1n) is 12.6. The Morgan fingerprint density at radius 1 is 0.944 bits per heavy atom. The normalized spacial score (nSPS) is 13.1. The maximum atomic E-state index is 15.2. The molecule has 0 saturated heterocycles. The fourth-order valence-electron chi connectivity index (χ4n) is 4.28. The number of carbonyl (C=O) groups excluding carboxylic acids is 3. The SMILES string of the molecule is CCCN(CCC)c1ccc(N(CCCN2C(=O)c3ccccc3C2=O)C(=O)OC(C)(C)C)cc1F. The molecule has 1 aliphatic heterocycles. The molecular formula is C28H36FN3O4. The lowest BCUT2D eigenvalue weighted by atomic mass is 10.1. The highest BCUT2D eigenvalue weighted by Crippen LogP contribution is 2.28. The molecule has 2 aromatic rings. The minimum Gasteiger partial charge on any atom is -0.443 e. The summed E-state index contributed by atoms with van der Waals surface area (Å²) < 4.78 is 20.8. The summed E-state index contributed by atoms with van der Waals surface area (Å²) in [6.45, 7) is 11.1. The molecule has 3 amide bonds. The first-order chi connectivity index (χ1) is 17.1. The van der Waals surface area contributed by atoms with Gasteiger partial charge in [-0.3, -0.25) is 19.4 Å². The van der Waals surface area contributed by atoms with Gasteiger partial charge in [-0.15, -0.1) is 0 Å². The van der Waals surface area contributed by atoms with Crippen molar-refractivity contribution in [2.75, 3.05) is 36.0 Å². The van der Waals surface area contributed by atoms with Crippen molar-refractivity contribution in [1.29, 1.82) is 0 Å². The number of fused-ring (bicyclic) bond motifs is 1. The Morgan fingerprint density at radius 3 is 2.03 bits per heavy atom. The number of hydrogen-bond acceptors (Lipinski definition) is 5. The van der Waals surface area contributed by atoms with Gasteiger partial charge in [0, 0.05) is 26.2 Å². The molecule has 0 spiro atoms. The highest BCUT2D eigenvalue weighted by atomic mass is 19.1. The summed E-state index contributed by atoms with van der Waals surface area (Å²) in [5.74, 6) is -1.10. The van der Waals surface area contributed by atoms with Gasteiger partial charge < -0.3 is 9.64 Å². The van der Waals surface area contributed by atoms with Crippen molar-refractivity contribution < 1.29 is 23.5 Å². The molecule has 2 aromatic carbocycles. The highest BCUT2D eigenvalue weighted by Gasteiger charge is 2.35. The summed E-state index contributed by atoms with van der Waals surface area (Å²) in [6, 6.07) is 11.5. The number of halogens is 1. The first kappa shape index (κ1) is 27.2. The molecule has 194 valence electrons. The van der Waals surface area contributed by atoms with Crippen LogP contribution in [0.3, 0.4) is 0 Å². The van der Waals surface area contributed by atoms with Crippen LogP contribution >= 0.6 is 0 Å². The van der Waals surface area contributed by atoms with Crippen LogP contribution in [-0.2, 0) is 4.74 Å². The largest absolute Gasteiger partial charge is 0.443 e. The summed E-state index contributed by atoms with van der Waals surface area (Å²) >= 11 is 0. The van der Waals surface area contributed by atoms with E-state index in [4.69, 9.17) is 4.74 Å².